The zero-order valence-corrected chi connectivity index (χ0v) is 19.7. The van der Waals surface area contributed by atoms with E-state index in [-0.39, 0.29) is 24.1 Å². The number of carbonyl (C=O) groups is 2. The van der Waals surface area contributed by atoms with Gasteiger partial charge in [0.1, 0.15) is 6.04 Å². The molecule has 156 valence electrons. The molecule has 1 atom stereocenters. The number of amides is 2. The summed E-state index contributed by atoms with van der Waals surface area (Å²) in [5.41, 5.74) is 1.37. The van der Waals surface area contributed by atoms with Crippen LogP contribution in [-0.2, 0) is 21.9 Å². The van der Waals surface area contributed by atoms with E-state index in [1.807, 2.05) is 0 Å². The summed E-state index contributed by atoms with van der Waals surface area (Å²) in [4.78, 5) is 26.6. The molecule has 0 aliphatic carbocycles. The van der Waals surface area contributed by atoms with Gasteiger partial charge in [0.05, 0.1) is 5.75 Å². The molecule has 0 saturated heterocycles. The van der Waals surface area contributed by atoms with Gasteiger partial charge in [-0.15, -0.1) is 11.8 Å². The zero-order valence-electron chi connectivity index (χ0n) is 15.8. The van der Waals surface area contributed by atoms with Crippen LogP contribution in [0.5, 0.6) is 0 Å². The van der Waals surface area contributed by atoms with Crippen molar-refractivity contribution >= 4 is 70.0 Å². The monoisotopic (exact) mass is 492 g/mol. The van der Waals surface area contributed by atoms with Gasteiger partial charge in [0, 0.05) is 45.0 Å². The van der Waals surface area contributed by atoms with Crippen molar-refractivity contribution in [1.29, 1.82) is 0 Å². The van der Waals surface area contributed by atoms with E-state index >= 15 is 0 Å². The van der Waals surface area contributed by atoms with E-state index in [0.717, 1.165) is 5.56 Å². The molecule has 2 aromatic carbocycles. The van der Waals surface area contributed by atoms with Crippen LogP contribution in [0.3, 0.4) is 0 Å². The van der Waals surface area contributed by atoms with Crippen LogP contribution >= 0.6 is 58.2 Å². The van der Waals surface area contributed by atoms with Crippen LogP contribution in [0.25, 0.3) is 0 Å². The predicted octanol–water partition coefficient (Wildman–Crippen LogP) is 5.70. The van der Waals surface area contributed by atoms with Crippen LogP contribution in [0.4, 0.5) is 0 Å². The Morgan fingerprint density at radius 3 is 1.93 bits per heavy atom. The average Bonchev–Trinajstić information content (AvgIpc) is 2.68. The molecule has 0 fully saturated rings. The molecule has 1 N–H and O–H groups in total. The van der Waals surface area contributed by atoms with Gasteiger partial charge in [-0.05, 0) is 36.8 Å². The largest absolute Gasteiger partial charge is 0.357 e. The number of thioether (sulfide) groups is 1. The second-order valence-electron chi connectivity index (χ2n) is 6.21. The van der Waals surface area contributed by atoms with Gasteiger partial charge < -0.3 is 10.2 Å². The first kappa shape index (κ1) is 24.2. The minimum Gasteiger partial charge on any atom is -0.357 e. The van der Waals surface area contributed by atoms with Crippen molar-refractivity contribution in [3.63, 3.8) is 0 Å². The van der Waals surface area contributed by atoms with Crippen molar-refractivity contribution in [3.8, 4) is 0 Å². The third-order valence-electron chi connectivity index (χ3n) is 4.34. The summed E-state index contributed by atoms with van der Waals surface area (Å²) in [6.45, 7) is 1.79. The van der Waals surface area contributed by atoms with E-state index in [1.54, 1.807) is 43.3 Å². The van der Waals surface area contributed by atoms with Crippen LogP contribution in [-0.4, -0.2) is 35.6 Å². The van der Waals surface area contributed by atoms with Gasteiger partial charge in [-0.2, -0.15) is 0 Å². The number of carbonyl (C=O) groups excluding carboxylic acids is 2. The summed E-state index contributed by atoms with van der Waals surface area (Å²) >= 11 is 26.3. The third kappa shape index (κ3) is 6.43. The van der Waals surface area contributed by atoms with Gasteiger partial charge in [0.2, 0.25) is 11.8 Å². The number of hydrogen-bond donors (Lipinski definition) is 1. The number of likely N-dealkylation sites (N-methyl/N-ethyl adjacent to an activating group) is 1. The van der Waals surface area contributed by atoms with E-state index in [9.17, 15) is 9.59 Å². The molecule has 2 aromatic rings. The highest BCUT2D eigenvalue weighted by molar-refractivity contribution is 7.99. The molecule has 1 unspecified atom stereocenters. The van der Waals surface area contributed by atoms with E-state index in [2.05, 4.69) is 5.32 Å². The maximum Gasteiger partial charge on any atom is 0.242 e. The zero-order chi connectivity index (χ0) is 21.6. The molecule has 2 rings (SSSR count). The summed E-state index contributed by atoms with van der Waals surface area (Å²) in [7, 11) is 1.53. The van der Waals surface area contributed by atoms with Gasteiger partial charge in [0.25, 0.3) is 0 Å². The van der Waals surface area contributed by atoms with Crippen LogP contribution in [0.2, 0.25) is 20.1 Å². The van der Waals surface area contributed by atoms with Crippen molar-refractivity contribution in [2.24, 2.45) is 0 Å². The van der Waals surface area contributed by atoms with Crippen LogP contribution < -0.4 is 5.32 Å². The lowest BCUT2D eigenvalue weighted by molar-refractivity contribution is -0.138. The van der Waals surface area contributed by atoms with E-state index in [1.165, 1.54) is 23.7 Å². The highest BCUT2D eigenvalue weighted by Gasteiger charge is 2.26. The molecule has 0 aliphatic rings. The quantitative estimate of drug-likeness (QED) is 0.513. The number of nitrogens with one attached hydrogen (secondary N) is 1. The lowest BCUT2D eigenvalue weighted by atomic mass is 10.1. The SMILES string of the molecule is CNC(=O)C(C)N(Cc1c(Cl)cccc1Cl)C(=O)CSCc1c(Cl)cccc1Cl. The second-order valence-corrected chi connectivity index (χ2v) is 8.82. The molecule has 0 saturated carbocycles. The van der Waals surface area contributed by atoms with Gasteiger partial charge in [-0.3, -0.25) is 9.59 Å². The lowest BCUT2D eigenvalue weighted by Crippen LogP contribution is -2.47. The van der Waals surface area contributed by atoms with Gasteiger partial charge in [-0.1, -0.05) is 58.5 Å². The van der Waals surface area contributed by atoms with Gasteiger partial charge in [-0.25, -0.2) is 0 Å². The molecule has 0 aromatic heterocycles. The molecule has 0 heterocycles. The summed E-state index contributed by atoms with van der Waals surface area (Å²) in [5.74, 6) is 0.121. The number of nitrogens with zero attached hydrogens (tertiary/aromatic N) is 1. The molecule has 4 nitrogen and oxygen atoms in total. The Morgan fingerprint density at radius 1 is 0.966 bits per heavy atom. The maximum absolute atomic E-state index is 13.0. The molecule has 0 bridgehead atoms. The first-order valence-corrected chi connectivity index (χ1v) is 11.4. The van der Waals surface area contributed by atoms with E-state index in [4.69, 9.17) is 46.4 Å². The molecule has 29 heavy (non-hydrogen) atoms. The van der Waals surface area contributed by atoms with Crippen LogP contribution in [0, 0.1) is 0 Å². The molecule has 0 aliphatic heterocycles. The fourth-order valence-corrected chi connectivity index (χ4v) is 4.80. The first-order chi connectivity index (χ1) is 13.8. The van der Waals surface area contributed by atoms with Crippen molar-refractivity contribution in [1.82, 2.24) is 10.2 Å². The van der Waals surface area contributed by atoms with E-state index < -0.39 is 6.04 Å². The van der Waals surface area contributed by atoms with Crippen molar-refractivity contribution in [2.75, 3.05) is 12.8 Å². The molecular formula is C20H20Cl4N2O2S. The molecule has 0 spiro atoms. The Kier molecular flexibility index (Phi) is 9.44. The minimum absolute atomic E-state index is 0.124. The fourth-order valence-electron chi connectivity index (χ4n) is 2.64. The Balaban J connectivity index is 2.15. The Labute approximate surface area is 194 Å². The lowest BCUT2D eigenvalue weighted by Gasteiger charge is -2.29. The summed E-state index contributed by atoms with van der Waals surface area (Å²) < 4.78 is 0. The number of hydrogen-bond acceptors (Lipinski definition) is 3. The Hall–Kier alpha value is -1.11. The van der Waals surface area contributed by atoms with Crippen molar-refractivity contribution < 1.29 is 9.59 Å². The second kappa shape index (κ2) is 11.3. The van der Waals surface area contributed by atoms with Gasteiger partial charge in [0.15, 0.2) is 0 Å². The summed E-state index contributed by atoms with van der Waals surface area (Å²) in [5, 5.41) is 4.55. The topological polar surface area (TPSA) is 49.4 Å². The number of rotatable bonds is 8. The third-order valence-corrected chi connectivity index (χ3v) is 6.70. The highest BCUT2D eigenvalue weighted by Crippen LogP contribution is 2.29. The molecule has 9 heteroatoms. The fraction of sp³-hybridized carbons (Fsp3) is 0.300. The Morgan fingerprint density at radius 2 is 1.45 bits per heavy atom. The molecular weight excluding hydrogens is 474 g/mol. The van der Waals surface area contributed by atoms with E-state index in [0.29, 0.717) is 31.4 Å². The summed E-state index contributed by atoms with van der Waals surface area (Å²) in [6, 6.07) is 9.71. The summed E-state index contributed by atoms with van der Waals surface area (Å²) in [6.07, 6.45) is 0. The first-order valence-electron chi connectivity index (χ1n) is 8.70. The molecule has 0 radical (unpaired) electrons. The standard InChI is InChI=1S/C20H20Cl4N2O2S/c1-12(20(28)25-2)26(9-13-15(21)5-3-6-16(13)22)19(27)11-29-10-14-17(23)7-4-8-18(14)24/h3-8,12H,9-11H2,1-2H3,(H,25,28). The average molecular weight is 494 g/mol. The number of halogens is 4. The predicted molar refractivity (Wildman–Crippen MR) is 123 cm³/mol. The van der Waals surface area contributed by atoms with Crippen LogP contribution in [0.1, 0.15) is 18.1 Å². The number of benzene rings is 2. The minimum atomic E-state index is -0.690. The smallest absolute Gasteiger partial charge is 0.242 e. The van der Waals surface area contributed by atoms with Crippen molar-refractivity contribution in [2.45, 2.75) is 25.3 Å². The van der Waals surface area contributed by atoms with Gasteiger partial charge >= 0.3 is 0 Å². The highest BCUT2D eigenvalue weighted by atomic mass is 35.5. The molecule has 2 amide bonds. The van der Waals surface area contributed by atoms with Crippen molar-refractivity contribution in [3.05, 3.63) is 67.6 Å². The maximum atomic E-state index is 13.0. The Bertz CT molecular complexity index is 854. The van der Waals surface area contributed by atoms with Crippen LogP contribution in [0.15, 0.2) is 36.4 Å². The normalized spacial score (nSPS) is 11.8.